The van der Waals surface area contributed by atoms with E-state index in [2.05, 4.69) is 12.1 Å². The molecule has 3 heterocycles. The molecular weight excluding hydrogens is 576 g/mol. The summed E-state index contributed by atoms with van der Waals surface area (Å²) >= 11 is 1.41. The fourth-order valence-corrected chi connectivity index (χ4v) is 7.21. The number of rotatable bonds is 9. The van der Waals surface area contributed by atoms with E-state index < -0.39 is 11.0 Å². The molecule has 3 aromatic rings. The van der Waals surface area contributed by atoms with E-state index >= 15 is 0 Å². The van der Waals surface area contributed by atoms with E-state index in [4.69, 9.17) is 9.72 Å². The topological polar surface area (TPSA) is 97.6 Å². The Balaban J connectivity index is 1.23. The van der Waals surface area contributed by atoms with E-state index in [9.17, 15) is 14.4 Å². The van der Waals surface area contributed by atoms with Crippen molar-refractivity contribution < 1.29 is 23.6 Å². The largest absolute Gasteiger partial charge is 0.460 e. The van der Waals surface area contributed by atoms with Crippen LogP contribution in [0.2, 0.25) is 0 Å². The quantitative estimate of drug-likeness (QED) is 0.263. The van der Waals surface area contributed by atoms with Crippen LogP contribution in [0.25, 0.3) is 11.3 Å². The maximum absolute atomic E-state index is 14.2. The number of thiazole rings is 1. The Labute approximate surface area is 264 Å². The summed E-state index contributed by atoms with van der Waals surface area (Å²) in [5.74, 6) is -0.337. The van der Waals surface area contributed by atoms with Gasteiger partial charge in [-0.05, 0) is 44.7 Å². The monoisotopic (exact) mass is 621 g/mol. The van der Waals surface area contributed by atoms with E-state index in [-0.39, 0.29) is 24.2 Å². The molecule has 0 N–H and O–H groups in total. The summed E-state index contributed by atoms with van der Waals surface area (Å²) in [6, 6.07) is 8.02. The molecule has 1 saturated heterocycles. The molecule has 11 heteroatoms. The van der Waals surface area contributed by atoms with Crippen molar-refractivity contribution in [1.82, 2.24) is 19.7 Å². The van der Waals surface area contributed by atoms with E-state index in [0.717, 1.165) is 72.6 Å². The Bertz CT molecular complexity index is 1490. The van der Waals surface area contributed by atoms with Crippen LogP contribution in [0.1, 0.15) is 51.7 Å². The lowest BCUT2D eigenvalue weighted by Gasteiger charge is -2.41. The van der Waals surface area contributed by atoms with Gasteiger partial charge in [-0.2, -0.15) is 5.10 Å². The molecule has 2 aromatic heterocycles. The molecule has 2 aliphatic rings. The molecule has 0 saturated carbocycles. The van der Waals surface area contributed by atoms with Crippen LogP contribution >= 0.6 is 11.3 Å². The lowest BCUT2D eigenvalue weighted by atomic mass is 9.80. The number of anilines is 1. The zero-order valence-electron chi connectivity index (χ0n) is 26.8. The fourth-order valence-electron chi connectivity index (χ4n) is 6.41. The summed E-state index contributed by atoms with van der Waals surface area (Å²) in [7, 11) is 4.01. The third-order valence-corrected chi connectivity index (χ3v) is 9.81. The van der Waals surface area contributed by atoms with Crippen LogP contribution in [-0.2, 0) is 38.5 Å². The Hall–Kier alpha value is -3.57. The summed E-state index contributed by atoms with van der Waals surface area (Å²) in [5.41, 5.74) is 2.32. The Morgan fingerprint density at radius 3 is 2.39 bits per heavy atom. The van der Waals surface area contributed by atoms with Crippen LogP contribution in [-0.4, -0.2) is 94.4 Å². The minimum absolute atomic E-state index is 0.0138. The predicted octanol–water partition coefficient (Wildman–Crippen LogP) is 4.19. The molecule has 1 aliphatic carbocycles. The zero-order valence-corrected chi connectivity index (χ0v) is 27.7. The van der Waals surface area contributed by atoms with Crippen molar-refractivity contribution in [3.05, 3.63) is 53.2 Å². The van der Waals surface area contributed by atoms with Gasteiger partial charge in [0.05, 0.1) is 63.5 Å². The van der Waals surface area contributed by atoms with Gasteiger partial charge in [-0.3, -0.25) is 24.0 Å². The van der Waals surface area contributed by atoms with Crippen LogP contribution in [0.5, 0.6) is 0 Å². The number of piperazine rings is 1. The number of esters is 1. The van der Waals surface area contributed by atoms with Crippen molar-refractivity contribution in [1.29, 1.82) is 0 Å². The number of aryl methyl sites for hydroxylation is 1. The van der Waals surface area contributed by atoms with Gasteiger partial charge >= 0.3 is 5.97 Å². The summed E-state index contributed by atoms with van der Waals surface area (Å²) in [6.07, 6.45) is 5.80. The first-order valence-corrected chi connectivity index (χ1v) is 16.3. The number of amides is 2. The Morgan fingerprint density at radius 2 is 1.77 bits per heavy atom. The number of aromatic nitrogens is 3. The van der Waals surface area contributed by atoms with Gasteiger partial charge < -0.3 is 14.1 Å². The second-order valence-electron chi connectivity index (χ2n) is 13.7. The first-order valence-electron chi connectivity index (χ1n) is 15.4. The maximum Gasteiger partial charge on any atom is 0.307 e. The number of carbonyl (C=O) groups excluding carboxylic acids is 3. The third-order valence-electron chi connectivity index (χ3n) is 8.90. The van der Waals surface area contributed by atoms with Crippen molar-refractivity contribution in [3.8, 4) is 11.3 Å². The Morgan fingerprint density at radius 1 is 1.11 bits per heavy atom. The normalized spacial score (nSPS) is 17.3. The molecule has 2 amide bonds. The van der Waals surface area contributed by atoms with Crippen LogP contribution < -0.4 is 4.90 Å². The molecule has 0 atom stereocenters. The van der Waals surface area contributed by atoms with E-state index in [1.165, 1.54) is 11.3 Å². The number of nitrogens with zero attached hydrogens (tertiary/aromatic N) is 6. The van der Waals surface area contributed by atoms with Crippen molar-refractivity contribution in [2.45, 2.75) is 65.5 Å². The second kappa shape index (κ2) is 12.4. The predicted molar refractivity (Wildman–Crippen MR) is 171 cm³/mol. The number of hydrogen-bond acceptors (Lipinski definition) is 7. The molecule has 236 valence electrons. The van der Waals surface area contributed by atoms with E-state index in [1.807, 2.05) is 72.4 Å². The highest BCUT2D eigenvalue weighted by atomic mass is 32.1. The van der Waals surface area contributed by atoms with Crippen molar-refractivity contribution in [2.24, 2.45) is 5.41 Å². The molecule has 0 radical (unpaired) electrons. The molecule has 1 fully saturated rings. The second-order valence-corrected chi connectivity index (χ2v) is 14.5. The molecule has 0 spiro atoms. The Kier molecular flexibility index (Phi) is 9.00. The number of quaternary nitrogens is 1. The van der Waals surface area contributed by atoms with Gasteiger partial charge in [-0.1, -0.05) is 24.3 Å². The lowest BCUT2D eigenvalue weighted by Crippen LogP contribution is -2.58. The van der Waals surface area contributed by atoms with Gasteiger partial charge in [-0.25, -0.2) is 4.98 Å². The van der Waals surface area contributed by atoms with Crippen molar-refractivity contribution in [3.63, 3.8) is 0 Å². The molecule has 1 aliphatic heterocycles. The number of ether oxygens (including phenoxy) is 1. The summed E-state index contributed by atoms with van der Waals surface area (Å²) in [5, 5.41) is 7.10. The van der Waals surface area contributed by atoms with Gasteiger partial charge in [0.25, 0.3) is 0 Å². The van der Waals surface area contributed by atoms with Gasteiger partial charge in [0.1, 0.15) is 5.60 Å². The van der Waals surface area contributed by atoms with Crippen LogP contribution in [0.4, 0.5) is 5.13 Å². The standard InChI is InChI=1S/C33H45N6O4S/c1-24(40)37-13-16-39(6,17-14-37)15-9-12-38-22-27(21-34-38)28-23-44-31(35-28)36(5)30(42)33(20-29(41)43-32(2,3)4)18-25-10-7-8-11-26(25)19-33/h7-8,10-11,21-23H,9,12-20H2,1-6H3/q+1. The van der Waals surface area contributed by atoms with Crippen LogP contribution in [0.3, 0.4) is 0 Å². The first kappa shape index (κ1) is 31.8. The molecule has 0 bridgehead atoms. The smallest absolute Gasteiger partial charge is 0.307 e. The highest BCUT2D eigenvalue weighted by Gasteiger charge is 2.48. The summed E-state index contributed by atoms with van der Waals surface area (Å²) in [4.78, 5) is 47.2. The average Bonchev–Trinajstić information content (AvgIpc) is 3.70. The summed E-state index contributed by atoms with van der Waals surface area (Å²) < 4.78 is 8.57. The molecular formula is C33H45N6O4S+. The maximum atomic E-state index is 14.2. The number of likely N-dealkylation sites (N-methyl/N-ethyl adjacent to an activating group) is 1. The average molecular weight is 622 g/mol. The highest BCUT2D eigenvalue weighted by molar-refractivity contribution is 7.14. The van der Waals surface area contributed by atoms with Crippen LogP contribution in [0.15, 0.2) is 42.0 Å². The number of carbonyl (C=O) groups is 3. The van der Waals surface area contributed by atoms with Gasteiger partial charge in [-0.15, -0.1) is 11.3 Å². The molecule has 10 nitrogen and oxygen atoms in total. The zero-order chi connectivity index (χ0) is 31.7. The van der Waals surface area contributed by atoms with Gasteiger partial charge in [0, 0.05) is 44.1 Å². The lowest BCUT2D eigenvalue weighted by molar-refractivity contribution is -0.913. The summed E-state index contributed by atoms with van der Waals surface area (Å²) in [6.45, 7) is 12.6. The minimum atomic E-state index is -0.921. The number of fused-ring (bicyclic) bond motifs is 1. The molecule has 5 rings (SSSR count). The number of hydrogen-bond donors (Lipinski definition) is 0. The van der Waals surface area contributed by atoms with E-state index in [1.54, 1.807) is 18.9 Å². The van der Waals surface area contributed by atoms with Gasteiger partial charge in [0.2, 0.25) is 11.8 Å². The van der Waals surface area contributed by atoms with Crippen molar-refractivity contribution >= 4 is 34.3 Å². The minimum Gasteiger partial charge on any atom is -0.460 e. The first-order chi connectivity index (χ1) is 20.8. The highest BCUT2D eigenvalue weighted by Crippen LogP contribution is 2.43. The molecule has 44 heavy (non-hydrogen) atoms. The SMILES string of the molecule is CC(=O)N1CC[N+](C)(CCCn2cc(-c3csc(N(C)C(=O)C4(CC(=O)OC(C)(C)C)Cc5ccccc5C4)n3)cn2)CC1. The number of benzene rings is 1. The molecule has 0 unspecified atom stereocenters. The van der Waals surface area contributed by atoms with Crippen molar-refractivity contribution in [2.75, 3.05) is 51.7 Å². The van der Waals surface area contributed by atoms with E-state index in [0.29, 0.717) is 18.0 Å². The molecule has 1 aromatic carbocycles. The van der Waals surface area contributed by atoms with Gasteiger partial charge in [0.15, 0.2) is 5.13 Å². The van der Waals surface area contributed by atoms with Crippen LogP contribution in [0, 0.1) is 5.41 Å². The fraction of sp³-hybridized carbons (Fsp3) is 0.545. The third kappa shape index (κ3) is 7.21.